The fraction of sp³-hybridized carbons (Fsp3) is 0.400. The lowest BCUT2D eigenvalue weighted by atomic mass is 10.1. The van der Waals surface area contributed by atoms with E-state index in [-0.39, 0.29) is 78.3 Å². The average molecular weight is 1130 g/mol. The summed E-state index contributed by atoms with van der Waals surface area (Å²) in [7, 11) is 0. The summed E-state index contributed by atoms with van der Waals surface area (Å²) in [6, 6.07) is 8.66. The molecule has 0 amide bonds. The van der Waals surface area contributed by atoms with Crippen LogP contribution in [0.2, 0.25) is 0 Å². The number of hydrogen-bond acceptors (Lipinski definition) is 30. The molecule has 80 heavy (non-hydrogen) atoms. The number of carbonyl (C=O) groups is 11. The highest BCUT2D eigenvalue weighted by molar-refractivity contribution is 5.91. The number of nitrogens with zero attached hydrogens (tertiary/aromatic N) is 3. The SMILES string of the molecule is C=C(C)OCOC(=O)CCc1ccc(N(CC(=O)OCOC(C)=O)CC(=O)OCOC(C)=O)c(OCCOc2cc3cc(-c4ncc(C(=O)OCOC(C)=O)o4)oc3cc2N(CC(=O)OCOC(C)=O)CC(=O)OCOC(C)=O)c1. The van der Waals surface area contributed by atoms with Crippen LogP contribution < -0.4 is 19.3 Å². The molecule has 2 aromatic carbocycles. The number of rotatable bonds is 33. The molecular weight excluding hydrogens is 1070 g/mol. The number of oxazole rings is 1. The van der Waals surface area contributed by atoms with Crippen molar-refractivity contribution in [3.63, 3.8) is 0 Å². The van der Waals surface area contributed by atoms with Crippen molar-refractivity contribution in [1.29, 1.82) is 0 Å². The molecule has 4 rings (SSSR count). The van der Waals surface area contributed by atoms with Gasteiger partial charge in [0, 0.05) is 52.5 Å². The minimum atomic E-state index is -1.03. The van der Waals surface area contributed by atoms with E-state index in [2.05, 4.69) is 16.3 Å². The summed E-state index contributed by atoms with van der Waals surface area (Å²) in [5, 5.41) is 0.281. The molecule has 2 aromatic heterocycles. The van der Waals surface area contributed by atoms with E-state index >= 15 is 0 Å². The Bertz CT molecular complexity index is 2820. The van der Waals surface area contributed by atoms with Crippen LogP contribution in [0.1, 0.15) is 64.1 Å². The Morgan fingerprint density at radius 2 is 0.925 bits per heavy atom. The third kappa shape index (κ3) is 22.7. The van der Waals surface area contributed by atoms with E-state index in [1.807, 2.05) is 0 Å². The van der Waals surface area contributed by atoms with Crippen molar-refractivity contribution in [2.24, 2.45) is 0 Å². The van der Waals surface area contributed by atoms with Crippen LogP contribution in [0.5, 0.6) is 11.5 Å². The van der Waals surface area contributed by atoms with Gasteiger partial charge in [0.15, 0.2) is 5.76 Å². The molecule has 0 radical (unpaired) electrons. The molecular formula is C50H55N3O27. The van der Waals surface area contributed by atoms with Crippen molar-refractivity contribution in [2.45, 2.75) is 54.4 Å². The number of aromatic nitrogens is 1. The Morgan fingerprint density at radius 3 is 1.40 bits per heavy atom. The van der Waals surface area contributed by atoms with Crippen molar-refractivity contribution in [2.75, 3.05) is 90.0 Å². The van der Waals surface area contributed by atoms with E-state index in [4.69, 9.17) is 70.4 Å². The molecule has 30 heteroatoms. The van der Waals surface area contributed by atoms with Crippen molar-refractivity contribution >= 4 is 88.0 Å². The summed E-state index contributed by atoms with van der Waals surface area (Å²) in [5.41, 5.74) is 0.540. The number of esters is 11. The van der Waals surface area contributed by atoms with Crippen molar-refractivity contribution in [1.82, 2.24) is 4.98 Å². The minimum Gasteiger partial charge on any atom is -0.488 e. The van der Waals surface area contributed by atoms with Crippen LogP contribution in [-0.2, 0) is 111 Å². The first kappa shape index (κ1) is 62.6. The van der Waals surface area contributed by atoms with Crippen molar-refractivity contribution in [3.8, 4) is 23.1 Å². The number of benzene rings is 2. The highest BCUT2D eigenvalue weighted by Gasteiger charge is 2.26. The molecule has 0 unspecified atom stereocenters. The lowest BCUT2D eigenvalue weighted by molar-refractivity contribution is -0.167. The quantitative estimate of drug-likeness (QED) is 0.0217. The molecule has 432 valence electrons. The Kier molecular flexibility index (Phi) is 25.0. The Morgan fingerprint density at radius 1 is 0.487 bits per heavy atom. The number of ether oxygens (including phenoxy) is 14. The molecule has 30 nitrogen and oxygen atoms in total. The van der Waals surface area contributed by atoms with Crippen LogP contribution in [0.4, 0.5) is 11.4 Å². The van der Waals surface area contributed by atoms with Crippen LogP contribution >= 0.6 is 0 Å². The average Bonchev–Trinajstić information content (AvgIpc) is 4.18. The summed E-state index contributed by atoms with van der Waals surface area (Å²) in [5.74, 6) is -9.93. The Hall–Kier alpha value is -9.90. The molecule has 2 heterocycles. The maximum atomic E-state index is 13.2. The third-order valence-electron chi connectivity index (χ3n) is 9.62. The van der Waals surface area contributed by atoms with Crippen LogP contribution in [0.25, 0.3) is 22.6 Å². The molecule has 0 bridgehead atoms. The van der Waals surface area contributed by atoms with Crippen LogP contribution in [0.15, 0.2) is 63.8 Å². The lowest BCUT2D eigenvalue weighted by Gasteiger charge is -2.26. The second-order valence-electron chi connectivity index (χ2n) is 16.0. The molecule has 0 fully saturated rings. The monoisotopic (exact) mass is 1130 g/mol. The first-order valence-electron chi connectivity index (χ1n) is 23.4. The first-order valence-corrected chi connectivity index (χ1v) is 23.4. The summed E-state index contributed by atoms with van der Waals surface area (Å²) >= 11 is 0. The zero-order valence-electron chi connectivity index (χ0n) is 44.0. The predicted molar refractivity (Wildman–Crippen MR) is 262 cm³/mol. The predicted octanol–water partition coefficient (Wildman–Crippen LogP) is 3.07. The van der Waals surface area contributed by atoms with E-state index in [0.717, 1.165) is 45.7 Å². The number of aryl methyl sites for hydroxylation is 1. The van der Waals surface area contributed by atoms with Gasteiger partial charge in [0.25, 0.3) is 5.89 Å². The minimum absolute atomic E-state index is 0.0194. The third-order valence-corrected chi connectivity index (χ3v) is 9.62. The van der Waals surface area contributed by atoms with Gasteiger partial charge in [0.1, 0.15) is 56.5 Å². The van der Waals surface area contributed by atoms with Gasteiger partial charge >= 0.3 is 65.7 Å². The lowest BCUT2D eigenvalue weighted by Crippen LogP contribution is -2.37. The van der Waals surface area contributed by atoms with Gasteiger partial charge in [-0.25, -0.2) is 9.78 Å². The van der Waals surface area contributed by atoms with E-state index in [1.165, 1.54) is 35.2 Å². The number of allylic oxidation sites excluding steroid dienone is 1. The Labute approximate surface area is 453 Å². The normalized spacial score (nSPS) is 10.4. The highest BCUT2D eigenvalue weighted by atomic mass is 16.7. The van der Waals surface area contributed by atoms with E-state index < -0.39 is 132 Å². The molecule has 0 aliphatic rings. The largest absolute Gasteiger partial charge is 0.488 e. The number of carbonyl (C=O) groups excluding carboxylic acids is 11. The summed E-state index contributed by atoms with van der Waals surface area (Å²) in [4.78, 5) is 141. The zero-order valence-corrected chi connectivity index (χ0v) is 44.0. The maximum absolute atomic E-state index is 13.2. The number of fused-ring (bicyclic) bond motifs is 1. The van der Waals surface area contributed by atoms with E-state index in [1.54, 1.807) is 13.0 Å². The number of anilines is 2. The van der Waals surface area contributed by atoms with Gasteiger partial charge in [0.05, 0.1) is 23.3 Å². The number of hydrogen-bond donors (Lipinski definition) is 0. The number of furan rings is 1. The fourth-order valence-corrected chi connectivity index (χ4v) is 6.12. The second-order valence-corrected chi connectivity index (χ2v) is 16.0. The van der Waals surface area contributed by atoms with Crippen LogP contribution in [-0.4, -0.2) is 151 Å². The molecule has 0 aliphatic heterocycles. The molecule has 4 aromatic rings. The molecule has 0 saturated heterocycles. The molecule has 0 atom stereocenters. The zero-order chi connectivity index (χ0) is 58.7. The van der Waals surface area contributed by atoms with Crippen molar-refractivity contribution in [3.05, 3.63) is 66.3 Å². The standard InChI is InChI=1S/C50H55N3O27/c1-29(2)67-23-73-44(59)11-9-35-8-10-37(52(19-45(60)74-24-68-30(3)54)20-46(61)75-25-69-31(4)55)40(14-35)65-12-13-66-41-15-36-16-42(49-51-18-43(80-49)50(64)78-28-72-34(7)58)79-39(36)17-38(41)53(21-47(62)76-26-70-32(5)56)22-48(63)77-27-71-33(6)57/h8,10,14-18H,1,9,11-13,19-28H2,2-7H3. The molecule has 0 aliphatic carbocycles. The van der Waals surface area contributed by atoms with Gasteiger partial charge in [-0.2, -0.15) is 0 Å². The van der Waals surface area contributed by atoms with Crippen molar-refractivity contribution < 1.29 is 128 Å². The smallest absolute Gasteiger partial charge is 0.378 e. The van der Waals surface area contributed by atoms with E-state index in [0.29, 0.717) is 11.3 Å². The van der Waals surface area contributed by atoms with E-state index in [9.17, 15) is 52.7 Å². The van der Waals surface area contributed by atoms with Gasteiger partial charge < -0.3 is 85.0 Å². The molecule has 0 saturated carbocycles. The van der Waals surface area contributed by atoms with Gasteiger partial charge in [-0.15, -0.1) is 0 Å². The van der Waals surface area contributed by atoms with Gasteiger partial charge in [-0.05, 0) is 43.2 Å². The second kappa shape index (κ2) is 32.0. The van der Waals surface area contributed by atoms with Gasteiger partial charge in [-0.3, -0.25) is 47.9 Å². The van der Waals surface area contributed by atoms with Gasteiger partial charge in [-0.1, -0.05) is 12.6 Å². The fourth-order valence-electron chi connectivity index (χ4n) is 6.12. The first-order chi connectivity index (χ1) is 38.1. The molecule has 0 spiro atoms. The van der Waals surface area contributed by atoms with Crippen LogP contribution in [0, 0.1) is 0 Å². The highest BCUT2D eigenvalue weighted by Crippen LogP contribution is 2.38. The van der Waals surface area contributed by atoms with Gasteiger partial charge in [0.2, 0.25) is 46.5 Å². The Balaban J connectivity index is 1.76. The summed E-state index contributed by atoms with van der Waals surface area (Å²) in [6.45, 7) is 2.75. The summed E-state index contributed by atoms with van der Waals surface area (Å²) < 4.78 is 82.7. The maximum Gasteiger partial charge on any atom is 0.378 e. The van der Waals surface area contributed by atoms with Crippen LogP contribution in [0.3, 0.4) is 0 Å². The molecule has 0 N–H and O–H groups in total. The topological polar surface area (TPSA) is 363 Å². The summed E-state index contributed by atoms with van der Waals surface area (Å²) in [6.07, 6.45) is 0.943.